The van der Waals surface area contributed by atoms with Gasteiger partial charge in [0.1, 0.15) is 0 Å². The molecule has 2 unspecified atom stereocenters. The molecule has 106 valence electrons. The molecular weight excluding hydrogens is 274 g/mol. The van der Waals surface area contributed by atoms with Gasteiger partial charge in [0.2, 0.25) is 0 Å². The number of fused-ring (bicyclic) bond motifs is 1. The van der Waals surface area contributed by atoms with E-state index in [1.807, 2.05) is 37.3 Å². The van der Waals surface area contributed by atoms with Crippen LogP contribution >= 0.6 is 11.3 Å². The van der Waals surface area contributed by atoms with E-state index in [0.717, 1.165) is 15.0 Å². The summed E-state index contributed by atoms with van der Waals surface area (Å²) in [4.78, 5) is 15.1. The van der Waals surface area contributed by atoms with Crippen molar-refractivity contribution in [3.05, 3.63) is 35.2 Å². The molecule has 0 bridgehead atoms. The fourth-order valence-corrected chi connectivity index (χ4v) is 3.59. The molecule has 4 nitrogen and oxygen atoms in total. The first-order valence-electron chi connectivity index (χ1n) is 6.71. The smallest absolute Gasteiger partial charge is 0.264 e. The van der Waals surface area contributed by atoms with Crippen LogP contribution in [0.5, 0.6) is 0 Å². The maximum Gasteiger partial charge on any atom is 0.264 e. The lowest BCUT2D eigenvalue weighted by Crippen LogP contribution is -2.50. The second-order valence-corrected chi connectivity index (χ2v) is 6.19. The van der Waals surface area contributed by atoms with Crippen LogP contribution in [0.1, 0.15) is 16.6 Å². The summed E-state index contributed by atoms with van der Waals surface area (Å²) < 4.78 is 6.69. The molecule has 2 heterocycles. The van der Waals surface area contributed by atoms with E-state index in [1.165, 1.54) is 11.3 Å². The minimum absolute atomic E-state index is 0.0276. The van der Waals surface area contributed by atoms with Gasteiger partial charge >= 0.3 is 0 Å². The van der Waals surface area contributed by atoms with Crippen molar-refractivity contribution >= 4 is 27.3 Å². The number of carbonyl (C=O) groups is 1. The zero-order valence-electron chi connectivity index (χ0n) is 11.3. The van der Waals surface area contributed by atoms with Crippen LogP contribution in [0, 0.1) is 0 Å². The monoisotopic (exact) mass is 291 g/mol. The summed E-state index contributed by atoms with van der Waals surface area (Å²) in [6.45, 7) is 2.89. The van der Waals surface area contributed by atoms with E-state index in [2.05, 4.69) is 0 Å². The molecule has 0 spiro atoms. The normalized spacial score (nSPS) is 23.2. The Morgan fingerprint density at radius 1 is 1.45 bits per heavy atom. The molecule has 0 radical (unpaired) electrons. The lowest BCUT2D eigenvalue weighted by atomic mass is 10.2. The number of carbonyl (C=O) groups excluding carboxylic acids is 1. The van der Waals surface area contributed by atoms with E-state index >= 15 is 0 Å². The van der Waals surface area contributed by atoms with E-state index in [-0.39, 0.29) is 24.7 Å². The molecule has 5 heteroatoms. The van der Waals surface area contributed by atoms with Crippen LogP contribution in [0.4, 0.5) is 0 Å². The molecule has 1 amide bonds. The van der Waals surface area contributed by atoms with Crippen LogP contribution in [0.2, 0.25) is 0 Å². The summed E-state index contributed by atoms with van der Waals surface area (Å²) in [7, 11) is 0. The molecule has 0 aliphatic carbocycles. The van der Waals surface area contributed by atoms with Crippen molar-refractivity contribution < 1.29 is 14.6 Å². The first-order valence-corrected chi connectivity index (χ1v) is 7.53. The van der Waals surface area contributed by atoms with Gasteiger partial charge in [-0.15, -0.1) is 11.3 Å². The third-order valence-corrected chi connectivity index (χ3v) is 4.56. The molecule has 0 saturated carbocycles. The average molecular weight is 291 g/mol. The Hall–Kier alpha value is -1.43. The number of amides is 1. The fraction of sp³-hybridized carbons (Fsp3) is 0.400. The van der Waals surface area contributed by atoms with Crippen molar-refractivity contribution in [2.45, 2.75) is 19.1 Å². The first kappa shape index (κ1) is 13.5. The van der Waals surface area contributed by atoms with Gasteiger partial charge in [-0.05, 0) is 24.4 Å². The highest BCUT2D eigenvalue weighted by Crippen LogP contribution is 2.27. The van der Waals surface area contributed by atoms with Crippen molar-refractivity contribution in [2.24, 2.45) is 0 Å². The second-order valence-electron chi connectivity index (χ2n) is 5.11. The number of hydrogen-bond acceptors (Lipinski definition) is 4. The molecular formula is C15H17NO3S. The van der Waals surface area contributed by atoms with Crippen LogP contribution < -0.4 is 0 Å². The lowest BCUT2D eigenvalue weighted by Gasteiger charge is -2.35. The Kier molecular flexibility index (Phi) is 3.74. The largest absolute Gasteiger partial charge is 0.394 e. The van der Waals surface area contributed by atoms with Gasteiger partial charge in [0.25, 0.3) is 5.91 Å². The molecule has 3 rings (SSSR count). The Morgan fingerprint density at radius 3 is 3.00 bits per heavy atom. The molecule has 1 fully saturated rings. The molecule has 2 atom stereocenters. The summed E-state index contributed by atoms with van der Waals surface area (Å²) in [6, 6.07) is 9.93. The van der Waals surface area contributed by atoms with Gasteiger partial charge < -0.3 is 14.7 Å². The number of thiophene rings is 1. The molecule has 1 saturated heterocycles. The molecule has 2 aromatic rings. The Morgan fingerprint density at radius 2 is 2.25 bits per heavy atom. The van der Waals surface area contributed by atoms with E-state index in [1.54, 1.807) is 4.90 Å². The molecule has 1 N–H and O–H groups in total. The maximum atomic E-state index is 12.6. The first-order chi connectivity index (χ1) is 9.67. The number of hydrogen-bond donors (Lipinski definition) is 1. The molecule has 1 aromatic carbocycles. The number of morpholine rings is 1. The Labute approximate surface area is 121 Å². The van der Waals surface area contributed by atoms with Crippen LogP contribution in [-0.2, 0) is 4.74 Å². The summed E-state index contributed by atoms with van der Waals surface area (Å²) >= 11 is 1.51. The fourth-order valence-electron chi connectivity index (χ4n) is 2.56. The van der Waals surface area contributed by atoms with E-state index in [9.17, 15) is 9.90 Å². The van der Waals surface area contributed by atoms with Gasteiger partial charge in [-0.3, -0.25) is 4.79 Å². The van der Waals surface area contributed by atoms with Gasteiger partial charge in [0.05, 0.1) is 23.7 Å². The van der Waals surface area contributed by atoms with Crippen molar-refractivity contribution in [3.63, 3.8) is 0 Å². The molecule has 1 aromatic heterocycles. The third-order valence-electron chi connectivity index (χ3n) is 3.45. The van der Waals surface area contributed by atoms with Crippen molar-refractivity contribution in [1.82, 2.24) is 4.90 Å². The Bertz CT molecular complexity index is 591. The van der Waals surface area contributed by atoms with Crippen LogP contribution in [0.15, 0.2) is 30.3 Å². The number of aliphatic hydroxyl groups is 1. The number of benzene rings is 1. The van der Waals surface area contributed by atoms with Crippen molar-refractivity contribution in [2.75, 3.05) is 19.7 Å². The summed E-state index contributed by atoms with van der Waals surface area (Å²) in [5.74, 6) is 0.0276. The summed E-state index contributed by atoms with van der Waals surface area (Å²) in [5.41, 5.74) is 0. The van der Waals surface area contributed by atoms with Gasteiger partial charge in [-0.2, -0.15) is 0 Å². The summed E-state index contributed by atoms with van der Waals surface area (Å²) in [6.07, 6.45) is -0.323. The van der Waals surface area contributed by atoms with E-state index < -0.39 is 0 Å². The van der Waals surface area contributed by atoms with Gasteiger partial charge in [0, 0.05) is 17.8 Å². The third kappa shape index (κ3) is 2.57. The topological polar surface area (TPSA) is 49.8 Å². The number of aliphatic hydroxyl groups excluding tert-OH is 1. The van der Waals surface area contributed by atoms with Gasteiger partial charge in [-0.1, -0.05) is 18.2 Å². The lowest BCUT2D eigenvalue weighted by molar-refractivity contribution is -0.0857. The number of nitrogens with zero attached hydrogens (tertiary/aromatic N) is 1. The van der Waals surface area contributed by atoms with E-state index in [4.69, 9.17) is 4.74 Å². The molecule has 20 heavy (non-hydrogen) atoms. The summed E-state index contributed by atoms with van der Waals surface area (Å²) in [5, 5.41) is 10.3. The predicted molar refractivity (Wildman–Crippen MR) is 79.1 cm³/mol. The van der Waals surface area contributed by atoms with Crippen LogP contribution in [0.25, 0.3) is 10.1 Å². The van der Waals surface area contributed by atoms with Crippen LogP contribution in [0.3, 0.4) is 0 Å². The highest BCUT2D eigenvalue weighted by molar-refractivity contribution is 7.20. The minimum atomic E-state index is -0.280. The molecule has 1 aliphatic heterocycles. The van der Waals surface area contributed by atoms with E-state index in [0.29, 0.717) is 13.1 Å². The molecule has 1 aliphatic rings. The highest BCUT2D eigenvalue weighted by Gasteiger charge is 2.29. The average Bonchev–Trinajstić information content (AvgIpc) is 2.89. The minimum Gasteiger partial charge on any atom is -0.394 e. The number of rotatable bonds is 2. The zero-order chi connectivity index (χ0) is 14.1. The van der Waals surface area contributed by atoms with Crippen molar-refractivity contribution in [1.29, 1.82) is 0 Å². The standard InChI is InChI=1S/C15H17NO3S/c1-10-7-16(8-12(9-17)19-10)15(18)14-6-11-4-2-3-5-13(11)20-14/h2-6,10,12,17H,7-9H2,1H3. The van der Waals surface area contributed by atoms with Crippen LogP contribution in [-0.4, -0.2) is 47.8 Å². The maximum absolute atomic E-state index is 12.6. The SMILES string of the molecule is CC1CN(C(=O)c2cc3ccccc3s2)CC(CO)O1. The zero-order valence-corrected chi connectivity index (χ0v) is 12.1. The predicted octanol–water partition coefficient (Wildman–Crippen LogP) is 2.12. The van der Waals surface area contributed by atoms with Gasteiger partial charge in [-0.25, -0.2) is 0 Å². The quantitative estimate of drug-likeness (QED) is 0.922. The van der Waals surface area contributed by atoms with Gasteiger partial charge in [0.15, 0.2) is 0 Å². The highest BCUT2D eigenvalue weighted by atomic mass is 32.1. The Balaban J connectivity index is 1.84. The second kappa shape index (κ2) is 5.52. The number of ether oxygens (including phenoxy) is 1. The van der Waals surface area contributed by atoms with Crippen molar-refractivity contribution in [3.8, 4) is 0 Å².